The van der Waals surface area contributed by atoms with Crippen molar-refractivity contribution in [1.82, 2.24) is 15.4 Å². The summed E-state index contributed by atoms with van der Waals surface area (Å²) in [5.41, 5.74) is 0.769. The predicted octanol–water partition coefficient (Wildman–Crippen LogP) is 1.29. The molecule has 1 aliphatic heterocycles. The highest BCUT2D eigenvalue weighted by Crippen LogP contribution is 2.23. The molecule has 2 heterocycles. The first-order valence-corrected chi connectivity index (χ1v) is 6.72. The Morgan fingerprint density at radius 3 is 2.89 bits per heavy atom. The van der Waals surface area contributed by atoms with Crippen LogP contribution in [0.3, 0.4) is 0 Å². The molecule has 19 heavy (non-hydrogen) atoms. The first-order valence-electron chi connectivity index (χ1n) is 6.72. The summed E-state index contributed by atoms with van der Waals surface area (Å²) >= 11 is 0. The fraction of sp³-hybridized carbons (Fsp3) is 0.692. The number of aromatic nitrogens is 1. The normalized spacial score (nSPS) is 17.1. The third-order valence-electron chi connectivity index (χ3n) is 3.45. The van der Waals surface area contributed by atoms with Crippen molar-refractivity contribution < 1.29 is 14.4 Å². The number of hydrogen-bond acceptors (Lipinski definition) is 4. The smallest absolute Gasteiger partial charge is 0.317 e. The third kappa shape index (κ3) is 3.26. The highest BCUT2D eigenvalue weighted by Gasteiger charge is 2.22. The van der Waals surface area contributed by atoms with E-state index in [0.717, 1.165) is 18.0 Å². The monoisotopic (exact) mass is 267 g/mol. The van der Waals surface area contributed by atoms with E-state index in [1.165, 1.54) is 0 Å². The molecule has 6 nitrogen and oxygen atoms in total. The van der Waals surface area contributed by atoms with Crippen LogP contribution in [0.15, 0.2) is 10.6 Å². The molecule has 2 amide bonds. The van der Waals surface area contributed by atoms with E-state index in [9.17, 15) is 9.90 Å². The molecule has 0 radical (unpaired) electrons. The van der Waals surface area contributed by atoms with Crippen LogP contribution in [0.2, 0.25) is 0 Å². The Morgan fingerprint density at radius 2 is 2.37 bits per heavy atom. The minimum Gasteiger partial charge on any atom is -0.396 e. The van der Waals surface area contributed by atoms with Gasteiger partial charge in [-0.3, -0.25) is 0 Å². The SMILES string of the molecule is CC(C)c1cc(C(CO)CCN2CCNC2=O)no1. The molecule has 2 N–H and O–H groups in total. The largest absolute Gasteiger partial charge is 0.396 e. The fourth-order valence-electron chi connectivity index (χ4n) is 2.14. The van der Waals surface area contributed by atoms with Gasteiger partial charge in [0.1, 0.15) is 5.76 Å². The first kappa shape index (κ1) is 13.9. The maximum absolute atomic E-state index is 11.4. The minimum absolute atomic E-state index is 0.0134. The lowest BCUT2D eigenvalue weighted by Crippen LogP contribution is -2.30. The highest BCUT2D eigenvalue weighted by molar-refractivity contribution is 5.76. The molecule has 0 aliphatic carbocycles. The van der Waals surface area contributed by atoms with Crippen LogP contribution in [0.5, 0.6) is 0 Å². The van der Waals surface area contributed by atoms with E-state index in [4.69, 9.17) is 4.52 Å². The van der Waals surface area contributed by atoms with Gasteiger partial charge in [-0.1, -0.05) is 19.0 Å². The number of rotatable bonds is 6. The van der Waals surface area contributed by atoms with Gasteiger partial charge in [-0.2, -0.15) is 0 Å². The van der Waals surface area contributed by atoms with Crippen LogP contribution in [-0.4, -0.2) is 47.4 Å². The molecular weight excluding hydrogens is 246 g/mol. The Hall–Kier alpha value is -1.56. The van der Waals surface area contributed by atoms with Crippen molar-refractivity contribution in [1.29, 1.82) is 0 Å². The second-order valence-electron chi connectivity index (χ2n) is 5.20. The van der Waals surface area contributed by atoms with Gasteiger partial charge in [0.05, 0.1) is 12.3 Å². The molecule has 1 aromatic rings. The second-order valence-corrected chi connectivity index (χ2v) is 5.20. The maximum atomic E-state index is 11.4. The number of carbonyl (C=O) groups is 1. The van der Waals surface area contributed by atoms with Gasteiger partial charge in [0, 0.05) is 37.5 Å². The average Bonchev–Trinajstić information content (AvgIpc) is 3.00. The zero-order chi connectivity index (χ0) is 13.8. The van der Waals surface area contributed by atoms with Crippen LogP contribution in [0.1, 0.15) is 43.6 Å². The molecular formula is C13H21N3O3. The van der Waals surface area contributed by atoms with Crippen molar-refractivity contribution in [2.24, 2.45) is 0 Å². The van der Waals surface area contributed by atoms with Crippen molar-refractivity contribution >= 4 is 6.03 Å². The van der Waals surface area contributed by atoms with Gasteiger partial charge >= 0.3 is 6.03 Å². The van der Waals surface area contributed by atoms with Gasteiger partial charge in [-0.25, -0.2) is 4.79 Å². The zero-order valence-electron chi connectivity index (χ0n) is 11.4. The molecule has 1 fully saturated rings. The van der Waals surface area contributed by atoms with Crippen LogP contribution in [0.4, 0.5) is 4.79 Å². The standard InChI is InChI=1S/C13H21N3O3/c1-9(2)12-7-11(15-19-12)10(8-17)3-5-16-6-4-14-13(16)18/h7,9-10,17H,3-6,8H2,1-2H3,(H,14,18). The van der Waals surface area contributed by atoms with Crippen molar-refractivity contribution in [2.45, 2.75) is 32.1 Å². The van der Waals surface area contributed by atoms with Crippen LogP contribution in [0.25, 0.3) is 0 Å². The van der Waals surface area contributed by atoms with Crippen molar-refractivity contribution in [3.05, 3.63) is 17.5 Å². The molecule has 1 aromatic heterocycles. The minimum atomic E-state index is -0.0790. The summed E-state index contributed by atoms with van der Waals surface area (Å²) in [6.07, 6.45) is 0.688. The number of aliphatic hydroxyl groups is 1. The summed E-state index contributed by atoms with van der Waals surface area (Å²) in [6.45, 7) is 6.14. The molecule has 1 unspecified atom stereocenters. The molecule has 6 heteroatoms. The Kier molecular flexibility index (Phi) is 4.42. The molecule has 1 aliphatic rings. The van der Waals surface area contributed by atoms with E-state index in [-0.39, 0.29) is 24.5 Å². The summed E-state index contributed by atoms with van der Waals surface area (Å²) < 4.78 is 5.25. The lowest BCUT2D eigenvalue weighted by Gasteiger charge is -2.17. The molecule has 1 atom stereocenters. The second kappa shape index (κ2) is 6.06. The highest BCUT2D eigenvalue weighted by atomic mass is 16.5. The van der Waals surface area contributed by atoms with Gasteiger partial charge in [0.15, 0.2) is 0 Å². The van der Waals surface area contributed by atoms with Gasteiger partial charge in [0.2, 0.25) is 0 Å². The number of nitrogens with zero attached hydrogens (tertiary/aromatic N) is 2. The summed E-state index contributed by atoms with van der Waals surface area (Å²) in [5, 5.41) is 16.2. The lowest BCUT2D eigenvalue weighted by atomic mass is 10.0. The van der Waals surface area contributed by atoms with Crippen molar-refractivity contribution in [3.8, 4) is 0 Å². The number of amides is 2. The summed E-state index contributed by atoms with van der Waals surface area (Å²) in [5.74, 6) is 1.03. The molecule has 0 saturated carbocycles. The molecule has 1 saturated heterocycles. The van der Waals surface area contributed by atoms with Crippen molar-refractivity contribution in [2.75, 3.05) is 26.2 Å². The van der Waals surface area contributed by atoms with Crippen LogP contribution >= 0.6 is 0 Å². The number of urea groups is 1. The summed E-state index contributed by atoms with van der Waals surface area (Å²) in [7, 11) is 0. The number of hydrogen-bond donors (Lipinski definition) is 2. The van der Waals surface area contributed by atoms with Crippen LogP contribution in [-0.2, 0) is 0 Å². The Bertz CT molecular complexity index is 431. The molecule has 0 spiro atoms. The van der Waals surface area contributed by atoms with Crippen LogP contribution < -0.4 is 5.32 Å². The molecule has 106 valence electrons. The molecule has 0 bridgehead atoms. The Balaban J connectivity index is 1.93. The Morgan fingerprint density at radius 1 is 1.58 bits per heavy atom. The number of aliphatic hydroxyl groups excluding tert-OH is 1. The number of nitrogens with one attached hydrogen (secondary N) is 1. The molecule has 0 aromatic carbocycles. The zero-order valence-corrected chi connectivity index (χ0v) is 11.4. The van der Waals surface area contributed by atoms with Crippen molar-refractivity contribution in [3.63, 3.8) is 0 Å². The Labute approximate surface area is 112 Å². The first-order chi connectivity index (χ1) is 9.11. The van der Waals surface area contributed by atoms with Gasteiger partial charge < -0.3 is 19.8 Å². The fourth-order valence-corrected chi connectivity index (χ4v) is 2.14. The van der Waals surface area contributed by atoms with Crippen LogP contribution in [0, 0.1) is 0 Å². The van der Waals surface area contributed by atoms with Gasteiger partial charge in [-0.05, 0) is 6.42 Å². The van der Waals surface area contributed by atoms with E-state index in [0.29, 0.717) is 19.5 Å². The predicted molar refractivity (Wildman–Crippen MR) is 70.0 cm³/mol. The number of carbonyl (C=O) groups excluding carboxylic acids is 1. The van der Waals surface area contributed by atoms with Gasteiger partial charge in [0.25, 0.3) is 0 Å². The van der Waals surface area contributed by atoms with E-state index < -0.39 is 0 Å². The van der Waals surface area contributed by atoms with E-state index in [1.54, 1.807) is 4.90 Å². The van der Waals surface area contributed by atoms with E-state index in [2.05, 4.69) is 10.5 Å². The quantitative estimate of drug-likeness (QED) is 0.814. The van der Waals surface area contributed by atoms with E-state index in [1.807, 2.05) is 19.9 Å². The third-order valence-corrected chi connectivity index (χ3v) is 3.45. The molecule has 2 rings (SSSR count). The summed E-state index contributed by atoms with van der Waals surface area (Å²) in [6, 6.07) is 1.87. The topological polar surface area (TPSA) is 78.6 Å². The maximum Gasteiger partial charge on any atom is 0.317 e. The average molecular weight is 267 g/mol. The van der Waals surface area contributed by atoms with Gasteiger partial charge in [-0.15, -0.1) is 0 Å². The lowest BCUT2D eigenvalue weighted by molar-refractivity contribution is 0.207. The summed E-state index contributed by atoms with van der Waals surface area (Å²) in [4.78, 5) is 13.2. The van der Waals surface area contributed by atoms with E-state index >= 15 is 0 Å².